The quantitative estimate of drug-likeness (QED) is 0.779. The first-order valence-corrected chi connectivity index (χ1v) is 5.61. The fourth-order valence-corrected chi connectivity index (χ4v) is 1.59. The molecule has 90 valence electrons. The van der Waals surface area contributed by atoms with Crippen LogP contribution in [0.1, 0.15) is 5.56 Å². The number of benzene rings is 1. The first-order valence-electron chi connectivity index (χ1n) is 5.61. The van der Waals surface area contributed by atoms with E-state index < -0.39 is 0 Å². The van der Waals surface area contributed by atoms with Gasteiger partial charge in [0.15, 0.2) is 0 Å². The van der Waals surface area contributed by atoms with E-state index in [9.17, 15) is 0 Å². The van der Waals surface area contributed by atoms with Crippen LogP contribution in [-0.4, -0.2) is 16.3 Å². The summed E-state index contributed by atoms with van der Waals surface area (Å²) in [6.07, 6.45) is 6.02. The smallest absolute Gasteiger partial charge is 0.243 e. The van der Waals surface area contributed by atoms with E-state index in [2.05, 4.69) is 4.57 Å². The molecule has 0 bridgehead atoms. The Morgan fingerprint density at radius 2 is 2.06 bits per heavy atom. The van der Waals surface area contributed by atoms with E-state index in [0.717, 1.165) is 17.9 Å². The molecule has 2 aromatic rings. The van der Waals surface area contributed by atoms with Crippen LogP contribution in [0.2, 0.25) is 0 Å². The fraction of sp³-hybridized carbons (Fsp3) is 0.308. The van der Waals surface area contributed by atoms with E-state index in [1.165, 1.54) is 0 Å². The molecule has 0 aliphatic rings. The van der Waals surface area contributed by atoms with Crippen molar-refractivity contribution in [3.8, 4) is 5.75 Å². The van der Waals surface area contributed by atoms with E-state index in [4.69, 9.17) is 9.84 Å². The molecule has 4 heteroatoms. The highest BCUT2D eigenvalue weighted by atomic mass is 16.5. The lowest BCUT2D eigenvalue weighted by atomic mass is 10.2. The molecule has 1 N–H and O–H groups in total. The Morgan fingerprint density at radius 1 is 1.29 bits per heavy atom. The summed E-state index contributed by atoms with van der Waals surface area (Å²) < 4.78 is 9.67. The average molecular weight is 233 g/mol. The van der Waals surface area contributed by atoms with Gasteiger partial charge in [-0.2, -0.15) is 0 Å². The lowest BCUT2D eigenvalue weighted by Gasteiger charge is -2.05. The Balaban J connectivity index is 1.81. The van der Waals surface area contributed by atoms with Gasteiger partial charge in [-0.25, -0.2) is 9.13 Å². The average Bonchev–Trinajstić information content (AvgIpc) is 2.76. The summed E-state index contributed by atoms with van der Waals surface area (Å²) in [5, 5.41) is 8.91. The van der Waals surface area contributed by atoms with Gasteiger partial charge in [-0.1, -0.05) is 12.1 Å². The second kappa shape index (κ2) is 5.50. The lowest BCUT2D eigenvalue weighted by Crippen LogP contribution is -2.24. The number of aryl methyl sites for hydroxylation is 1. The van der Waals surface area contributed by atoms with Gasteiger partial charge in [-0.15, -0.1) is 0 Å². The summed E-state index contributed by atoms with van der Waals surface area (Å²) in [7, 11) is 1.99. The van der Waals surface area contributed by atoms with Crippen LogP contribution in [-0.2, 0) is 20.2 Å². The molecule has 0 saturated carbocycles. The van der Waals surface area contributed by atoms with Crippen LogP contribution in [0.25, 0.3) is 0 Å². The summed E-state index contributed by atoms with van der Waals surface area (Å²) in [5.41, 5.74) is 0.898. The second-order valence-corrected chi connectivity index (χ2v) is 3.97. The number of aliphatic hydroxyl groups is 1. The molecule has 0 amide bonds. The second-order valence-electron chi connectivity index (χ2n) is 3.97. The van der Waals surface area contributed by atoms with Gasteiger partial charge in [0.25, 0.3) is 0 Å². The number of aliphatic hydroxyl groups excluding tert-OH is 1. The van der Waals surface area contributed by atoms with Gasteiger partial charge in [-0.05, 0) is 17.7 Å². The normalized spacial score (nSPS) is 10.5. The Hall–Kier alpha value is -1.81. The summed E-state index contributed by atoms with van der Waals surface area (Å²) in [5.74, 6) is 0.832. The Morgan fingerprint density at radius 3 is 2.65 bits per heavy atom. The Labute approximate surface area is 101 Å². The minimum absolute atomic E-state index is 0.0696. The van der Waals surface area contributed by atoms with E-state index in [1.54, 1.807) is 0 Å². The van der Waals surface area contributed by atoms with Crippen molar-refractivity contribution in [3.05, 3.63) is 48.5 Å². The third kappa shape index (κ3) is 3.32. The number of rotatable bonds is 5. The molecule has 1 heterocycles. The van der Waals surface area contributed by atoms with Crippen molar-refractivity contribution in [1.82, 2.24) is 4.57 Å². The van der Waals surface area contributed by atoms with Gasteiger partial charge in [0.05, 0.1) is 13.7 Å². The summed E-state index contributed by atoms with van der Waals surface area (Å²) in [6, 6.07) is 7.48. The maximum atomic E-state index is 8.91. The molecule has 0 radical (unpaired) electrons. The number of imidazole rings is 1. The van der Waals surface area contributed by atoms with Crippen LogP contribution in [0, 0.1) is 0 Å². The number of hydrogen-bond acceptors (Lipinski definition) is 2. The third-order valence-corrected chi connectivity index (χ3v) is 2.55. The highest BCUT2D eigenvalue weighted by Crippen LogP contribution is 2.11. The van der Waals surface area contributed by atoms with Crippen molar-refractivity contribution >= 4 is 0 Å². The van der Waals surface area contributed by atoms with Crippen molar-refractivity contribution in [3.63, 3.8) is 0 Å². The van der Waals surface area contributed by atoms with Crippen molar-refractivity contribution in [2.24, 2.45) is 7.05 Å². The molecule has 1 aromatic heterocycles. The van der Waals surface area contributed by atoms with Crippen LogP contribution in [0.5, 0.6) is 5.75 Å². The maximum absolute atomic E-state index is 8.91. The molecule has 4 nitrogen and oxygen atoms in total. The highest BCUT2D eigenvalue weighted by molar-refractivity contribution is 5.26. The predicted octanol–water partition coefficient (Wildman–Crippen LogP) is 0.884. The third-order valence-electron chi connectivity index (χ3n) is 2.55. The summed E-state index contributed by atoms with van der Waals surface area (Å²) >= 11 is 0. The van der Waals surface area contributed by atoms with Crippen molar-refractivity contribution in [2.75, 3.05) is 6.61 Å². The molecule has 0 fully saturated rings. The van der Waals surface area contributed by atoms with Gasteiger partial charge in [-0.3, -0.25) is 0 Å². The lowest BCUT2D eigenvalue weighted by molar-refractivity contribution is -0.671. The van der Waals surface area contributed by atoms with E-state index >= 15 is 0 Å². The molecule has 1 aromatic carbocycles. The van der Waals surface area contributed by atoms with Crippen LogP contribution < -0.4 is 9.30 Å². The molecule has 0 aliphatic carbocycles. The molecule has 17 heavy (non-hydrogen) atoms. The predicted molar refractivity (Wildman–Crippen MR) is 63.5 cm³/mol. The molecule has 0 unspecified atom stereocenters. The summed E-state index contributed by atoms with van der Waals surface area (Å²) in [6.45, 7) is 1.52. The van der Waals surface area contributed by atoms with Crippen LogP contribution in [0.4, 0.5) is 0 Å². The van der Waals surface area contributed by atoms with Gasteiger partial charge < -0.3 is 9.84 Å². The molecule has 0 spiro atoms. The molecule has 0 saturated heterocycles. The van der Waals surface area contributed by atoms with Crippen LogP contribution in [0.15, 0.2) is 43.0 Å². The van der Waals surface area contributed by atoms with Gasteiger partial charge in [0.1, 0.15) is 31.3 Å². The zero-order chi connectivity index (χ0) is 12.1. The number of hydrogen-bond donors (Lipinski definition) is 1. The van der Waals surface area contributed by atoms with Crippen molar-refractivity contribution in [2.45, 2.75) is 13.2 Å². The van der Waals surface area contributed by atoms with Crippen LogP contribution >= 0.6 is 0 Å². The highest BCUT2D eigenvalue weighted by Gasteiger charge is 2.00. The van der Waals surface area contributed by atoms with Crippen LogP contribution in [0.3, 0.4) is 0 Å². The number of ether oxygens (including phenoxy) is 1. The Kier molecular flexibility index (Phi) is 3.77. The topological polar surface area (TPSA) is 38.3 Å². The molecule has 2 rings (SSSR count). The molecular formula is C13H17N2O2+. The fourth-order valence-electron chi connectivity index (χ4n) is 1.59. The Bertz CT molecular complexity index is 463. The molecule has 0 atom stereocenters. The largest absolute Gasteiger partial charge is 0.489 e. The monoisotopic (exact) mass is 233 g/mol. The summed E-state index contributed by atoms with van der Waals surface area (Å²) in [4.78, 5) is 0. The molecular weight excluding hydrogens is 216 g/mol. The zero-order valence-corrected chi connectivity index (χ0v) is 9.91. The first kappa shape index (κ1) is 11.7. The van der Waals surface area contributed by atoms with Crippen molar-refractivity contribution in [1.29, 1.82) is 0 Å². The maximum Gasteiger partial charge on any atom is 0.243 e. The van der Waals surface area contributed by atoms with Gasteiger partial charge in [0.2, 0.25) is 6.33 Å². The minimum atomic E-state index is 0.0696. The number of aromatic nitrogens is 2. The van der Waals surface area contributed by atoms with Gasteiger partial charge in [0, 0.05) is 0 Å². The zero-order valence-electron chi connectivity index (χ0n) is 9.91. The first-order chi connectivity index (χ1) is 8.28. The minimum Gasteiger partial charge on any atom is -0.489 e. The standard InChI is InChI=1S/C13H17N2O2/c1-14-6-7-15(11-14)8-9-17-13-4-2-12(10-16)3-5-13/h2-7,11,16H,8-10H2,1H3/q+1. The SMILES string of the molecule is C[n+]1ccn(CCOc2ccc(CO)cc2)c1. The molecule has 0 aliphatic heterocycles. The number of nitrogens with zero attached hydrogens (tertiary/aromatic N) is 2. The van der Waals surface area contributed by atoms with Gasteiger partial charge >= 0.3 is 0 Å². The van der Waals surface area contributed by atoms with E-state index in [-0.39, 0.29) is 6.61 Å². The van der Waals surface area contributed by atoms with E-state index in [0.29, 0.717) is 6.61 Å². The van der Waals surface area contributed by atoms with E-state index in [1.807, 2.05) is 54.6 Å². The van der Waals surface area contributed by atoms with Crippen molar-refractivity contribution < 1.29 is 14.4 Å².